The molecular formula is C12H15NO2. The van der Waals surface area contributed by atoms with Gasteiger partial charge in [0.15, 0.2) is 0 Å². The van der Waals surface area contributed by atoms with Gasteiger partial charge in [0.1, 0.15) is 0 Å². The monoisotopic (exact) mass is 205 g/mol. The number of benzene rings is 1. The zero-order valence-electron chi connectivity index (χ0n) is 9.28. The summed E-state index contributed by atoms with van der Waals surface area (Å²) in [4.78, 5) is 24.4. The fraction of sp³-hybridized carbons (Fsp3) is 0.333. The zero-order chi connectivity index (χ0) is 11.4. The molecule has 0 saturated heterocycles. The first-order valence-electron chi connectivity index (χ1n) is 4.94. The maximum Gasteiger partial charge on any atom is 0.260 e. The van der Waals surface area contributed by atoms with E-state index in [-0.39, 0.29) is 11.8 Å². The Morgan fingerprint density at radius 3 is 2.40 bits per heavy atom. The van der Waals surface area contributed by atoms with E-state index in [1.807, 2.05) is 19.1 Å². The Morgan fingerprint density at radius 2 is 1.87 bits per heavy atom. The summed E-state index contributed by atoms with van der Waals surface area (Å²) in [6, 6.07) is 7.26. The molecule has 0 N–H and O–H groups in total. The number of rotatable bonds is 2. The van der Waals surface area contributed by atoms with E-state index in [0.717, 1.165) is 5.56 Å². The Bertz CT molecular complexity index is 385. The van der Waals surface area contributed by atoms with Crippen molar-refractivity contribution in [2.24, 2.45) is 0 Å². The molecule has 0 radical (unpaired) electrons. The summed E-state index contributed by atoms with van der Waals surface area (Å²) in [7, 11) is 1.51. The van der Waals surface area contributed by atoms with Crippen molar-refractivity contribution in [3.05, 3.63) is 35.4 Å². The molecule has 0 spiro atoms. The fourth-order valence-corrected chi connectivity index (χ4v) is 1.34. The first-order chi connectivity index (χ1) is 7.07. The number of nitrogens with zero attached hydrogens (tertiary/aromatic N) is 1. The average molecular weight is 205 g/mol. The molecule has 1 aromatic rings. The standard InChI is InChI=1S/C12H15NO2/c1-4-11(14)13(3)12(15)10-8-6-5-7-9(10)2/h5-8H,4H2,1-3H3. The van der Waals surface area contributed by atoms with E-state index in [1.54, 1.807) is 19.1 Å². The normalized spacial score (nSPS) is 9.80. The molecule has 2 amide bonds. The smallest absolute Gasteiger partial charge is 0.260 e. The summed E-state index contributed by atoms with van der Waals surface area (Å²) in [5.74, 6) is -0.400. The summed E-state index contributed by atoms with van der Waals surface area (Å²) in [5, 5.41) is 0. The van der Waals surface area contributed by atoms with Gasteiger partial charge in [-0.05, 0) is 18.6 Å². The number of imide groups is 1. The number of carbonyl (C=O) groups is 2. The number of aryl methyl sites for hydroxylation is 1. The third kappa shape index (κ3) is 2.43. The second kappa shape index (κ2) is 4.73. The lowest BCUT2D eigenvalue weighted by molar-refractivity contribution is -0.127. The summed E-state index contributed by atoms with van der Waals surface area (Å²) >= 11 is 0. The minimum Gasteiger partial charge on any atom is -0.282 e. The van der Waals surface area contributed by atoms with Gasteiger partial charge in [0.25, 0.3) is 5.91 Å². The van der Waals surface area contributed by atoms with Crippen molar-refractivity contribution in [2.45, 2.75) is 20.3 Å². The molecule has 3 heteroatoms. The maximum absolute atomic E-state index is 11.9. The highest BCUT2D eigenvalue weighted by atomic mass is 16.2. The molecule has 1 rings (SSSR count). The summed E-state index contributed by atoms with van der Waals surface area (Å²) in [5.41, 5.74) is 1.47. The Labute approximate surface area is 89.7 Å². The van der Waals surface area contributed by atoms with E-state index >= 15 is 0 Å². The molecule has 0 aliphatic heterocycles. The Hall–Kier alpha value is -1.64. The quantitative estimate of drug-likeness (QED) is 0.740. The van der Waals surface area contributed by atoms with Gasteiger partial charge < -0.3 is 0 Å². The third-order valence-corrected chi connectivity index (χ3v) is 2.36. The number of hydrogen-bond acceptors (Lipinski definition) is 2. The van der Waals surface area contributed by atoms with Crippen LogP contribution in [-0.4, -0.2) is 23.8 Å². The molecule has 80 valence electrons. The van der Waals surface area contributed by atoms with E-state index in [0.29, 0.717) is 12.0 Å². The molecule has 15 heavy (non-hydrogen) atoms. The van der Waals surface area contributed by atoms with Crippen molar-refractivity contribution in [1.82, 2.24) is 4.90 Å². The van der Waals surface area contributed by atoms with E-state index in [9.17, 15) is 9.59 Å². The van der Waals surface area contributed by atoms with Crippen LogP contribution in [0.4, 0.5) is 0 Å². The van der Waals surface area contributed by atoms with Crippen LogP contribution in [-0.2, 0) is 4.79 Å². The van der Waals surface area contributed by atoms with Gasteiger partial charge in [-0.15, -0.1) is 0 Å². The van der Waals surface area contributed by atoms with Crippen LogP contribution in [0.25, 0.3) is 0 Å². The molecule has 0 fully saturated rings. The number of amides is 2. The van der Waals surface area contributed by atoms with Gasteiger partial charge in [-0.1, -0.05) is 25.1 Å². The van der Waals surface area contributed by atoms with Crippen molar-refractivity contribution in [1.29, 1.82) is 0 Å². The van der Waals surface area contributed by atoms with E-state index in [1.165, 1.54) is 11.9 Å². The zero-order valence-corrected chi connectivity index (χ0v) is 9.28. The topological polar surface area (TPSA) is 37.4 Å². The molecule has 0 unspecified atom stereocenters. The van der Waals surface area contributed by atoms with Gasteiger partial charge in [0.05, 0.1) is 0 Å². The fourth-order valence-electron chi connectivity index (χ4n) is 1.34. The van der Waals surface area contributed by atoms with Crippen molar-refractivity contribution < 1.29 is 9.59 Å². The highest BCUT2D eigenvalue weighted by Gasteiger charge is 2.17. The number of carbonyl (C=O) groups excluding carboxylic acids is 2. The minimum atomic E-state index is -0.236. The van der Waals surface area contributed by atoms with E-state index < -0.39 is 0 Å². The van der Waals surface area contributed by atoms with Crippen LogP contribution in [0.15, 0.2) is 24.3 Å². The Morgan fingerprint density at radius 1 is 1.27 bits per heavy atom. The van der Waals surface area contributed by atoms with Gasteiger partial charge in [-0.3, -0.25) is 14.5 Å². The van der Waals surface area contributed by atoms with Crippen LogP contribution in [0.2, 0.25) is 0 Å². The minimum absolute atomic E-state index is 0.164. The maximum atomic E-state index is 11.9. The summed E-state index contributed by atoms with van der Waals surface area (Å²) in [6.45, 7) is 3.60. The highest BCUT2D eigenvalue weighted by molar-refractivity contribution is 6.05. The molecular weight excluding hydrogens is 190 g/mol. The lowest BCUT2D eigenvalue weighted by Gasteiger charge is -2.15. The second-order valence-corrected chi connectivity index (χ2v) is 3.43. The molecule has 0 bridgehead atoms. The highest BCUT2D eigenvalue weighted by Crippen LogP contribution is 2.10. The van der Waals surface area contributed by atoms with Gasteiger partial charge >= 0.3 is 0 Å². The van der Waals surface area contributed by atoms with Crippen molar-refractivity contribution in [3.8, 4) is 0 Å². The molecule has 0 aromatic heterocycles. The van der Waals surface area contributed by atoms with Crippen LogP contribution in [0.1, 0.15) is 29.3 Å². The predicted octanol–water partition coefficient (Wildman–Crippen LogP) is 2.00. The molecule has 0 saturated carbocycles. The Kier molecular flexibility index (Phi) is 3.61. The van der Waals surface area contributed by atoms with Crippen LogP contribution < -0.4 is 0 Å². The molecule has 0 atom stereocenters. The molecule has 3 nitrogen and oxygen atoms in total. The van der Waals surface area contributed by atoms with Crippen LogP contribution in [0, 0.1) is 6.92 Å². The SMILES string of the molecule is CCC(=O)N(C)C(=O)c1ccccc1C. The molecule has 0 aliphatic rings. The second-order valence-electron chi connectivity index (χ2n) is 3.43. The third-order valence-electron chi connectivity index (χ3n) is 2.36. The van der Waals surface area contributed by atoms with Crippen LogP contribution >= 0.6 is 0 Å². The molecule has 0 aliphatic carbocycles. The predicted molar refractivity (Wildman–Crippen MR) is 58.6 cm³/mol. The van der Waals surface area contributed by atoms with Gasteiger partial charge in [-0.25, -0.2) is 0 Å². The van der Waals surface area contributed by atoms with E-state index in [2.05, 4.69) is 0 Å². The Balaban J connectivity index is 2.95. The van der Waals surface area contributed by atoms with Gasteiger partial charge in [0, 0.05) is 19.0 Å². The van der Waals surface area contributed by atoms with E-state index in [4.69, 9.17) is 0 Å². The van der Waals surface area contributed by atoms with Crippen molar-refractivity contribution in [2.75, 3.05) is 7.05 Å². The lowest BCUT2D eigenvalue weighted by Crippen LogP contribution is -2.32. The first kappa shape index (κ1) is 11.4. The van der Waals surface area contributed by atoms with Crippen molar-refractivity contribution >= 4 is 11.8 Å². The summed E-state index contributed by atoms with van der Waals surface area (Å²) in [6.07, 6.45) is 0.341. The van der Waals surface area contributed by atoms with Gasteiger partial charge in [0.2, 0.25) is 5.91 Å². The average Bonchev–Trinajstić information content (AvgIpc) is 2.26. The summed E-state index contributed by atoms with van der Waals surface area (Å²) < 4.78 is 0. The van der Waals surface area contributed by atoms with Crippen molar-refractivity contribution in [3.63, 3.8) is 0 Å². The lowest BCUT2D eigenvalue weighted by atomic mass is 10.1. The van der Waals surface area contributed by atoms with Crippen LogP contribution in [0.3, 0.4) is 0 Å². The molecule has 1 aromatic carbocycles. The molecule has 0 heterocycles. The van der Waals surface area contributed by atoms with Gasteiger partial charge in [-0.2, -0.15) is 0 Å². The first-order valence-corrected chi connectivity index (χ1v) is 4.94. The largest absolute Gasteiger partial charge is 0.282 e. The number of hydrogen-bond donors (Lipinski definition) is 0. The van der Waals surface area contributed by atoms with Crippen LogP contribution in [0.5, 0.6) is 0 Å².